The summed E-state index contributed by atoms with van der Waals surface area (Å²) in [4.78, 5) is 15.3. The fourth-order valence-corrected chi connectivity index (χ4v) is 1.48. The molecule has 0 unspecified atom stereocenters. The molecule has 0 radical (unpaired) electrons. The van der Waals surface area contributed by atoms with Gasteiger partial charge in [0.2, 0.25) is 0 Å². The fourth-order valence-electron chi connectivity index (χ4n) is 1.48. The molecule has 0 bridgehead atoms. The molecular formula is C12H11NO3. The first-order chi connectivity index (χ1) is 7.22. The number of benzene rings is 1. The molecule has 0 saturated carbocycles. The minimum atomic E-state index is -0.947. The van der Waals surface area contributed by atoms with Gasteiger partial charge in [-0.2, -0.15) is 0 Å². The summed E-state index contributed by atoms with van der Waals surface area (Å²) in [7, 11) is 0. The maximum atomic E-state index is 11.0. The van der Waals surface area contributed by atoms with Gasteiger partial charge in [0, 0.05) is 5.39 Å². The van der Waals surface area contributed by atoms with Gasteiger partial charge in [0.05, 0.1) is 16.8 Å². The molecule has 0 aliphatic heterocycles. The van der Waals surface area contributed by atoms with Gasteiger partial charge in [-0.15, -0.1) is 0 Å². The van der Waals surface area contributed by atoms with E-state index < -0.39 is 5.97 Å². The number of hydrogen-bond donors (Lipinski definition) is 1. The Kier molecular flexibility index (Phi) is 3.37. The predicted octanol–water partition coefficient (Wildman–Crippen LogP) is 1.75. The average molecular weight is 217 g/mol. The minimum absolute atomic E-state index is 0. The lowest BCUT2D eigenvalue weighted by Gasteiger charge is -2.03. The Hall–Kier alpha value is -2.20. The van der Waals surface area contributed by atoms with E-state index in [1.165, 1.54) is 6.07 Å². The third-order valence-electron chi connectivity index (χ3n) is 2.18. The lowest BCUT2D eigenvalue weighted by atomic mass is 10.1. The van der Waals surface area contributed by atoms with Gasteiger partial charge in [0.15, 0.2) is 0 Å². The third-order valence-corrected chi connectivity index (χ3v) is 2.18. The van der Waals surface area contributed by atoms with Crippen molar-refractivity contribution < 1.29 is 15.4 Å². The number of hydrogen-bond acceptors (Lipinski definition) is 2. The standard InChI is InChI=1S/C12H9NO2.H2O/c1-2-8-7-10(12(14)15)9-5-3-4-6-11(9)13-8;/h2-7H,1H2,(H,14,15);1H2. The Balaban J connectivity index is 0.00000128. The second kappa shape index (κ2) is 4.55. The molecule has 0 amide bonds. The molecule has 0 saturated heterocycles. The quantitative estimate of drug-likeness (QED) is 0.831. The highest BCUT2D eigenvalue weighted by atomic mass is 16.4. The van der Waals surface area contributed by atoms with E-state index in [0.717, 1.165) is 0 Å². The first-order valence-corrected chi connectivity index (χ1v) is 4.48. The molecule has 2 aromatic rings. The SMILES string of the molecule is C=Cc1cc(C(=O)O)c2ccccc2n1.O. The molecule has 3 N–H and O–H groups in total. The van der Waals surface area contributed by atoms with Gasteiger partial charge in [0.25, 0.3) is 0 Å². The smallest absolute Gasteiger partial charge is 0.336 e. The van der Waals surface area contributed by atoms with Crippen LogP contribution in [0.4, 0.5) is 0 Å². The van der Waals surface area contributed by atoms with E-state index in [1.807, 2.05) is 6.07 Å². The number of carboxylic acids is 1. The normalized spacial score (nSPS) is 9.50. The molecule has 0 aliphatic carbocycles. The third kappa shape index (κ3) is 1.92. The van der Waals surface area contributed by atoms with E-state index in [4.69, 9.17) is 5.11 Å². The molecule has 0 spiro atoms. The Morgan fingerprint density at radius 2 is 2.06 bits per heavy atom. The van der Waals surface area contributed by atoms with Crippen molar-refractivity contribution >= 4 is 22.9 Å². The first-order valence-electron chi connectivity index (χ1n) is 4.48. The van der Waals surface area contributed by atoms with Crippen LogP contribution in [0.2, 0.25) is 0 Å². The fraction of sp³-hybridized carbons (Fsp3) is 0. The molecule has 16 heavy (non-hydrogen) atoms. The van der Waals surface area contributed by atoms with Gasteiger partial charge < -0.3 is 10.6 Å². The Labute approximate surface area is 92.2 Å². The maximum Gasteiger partial charge on any atom is 0.336 e. The van der Waals surface area contributed by atoms with Gasteiger partial charge in [-0.1, -0.05) is 24.8 Å². The zero-order valence-corrected chi connectivity index (χ0v) is 8.47. The van der Waals surface area contributed by atoms with Crippen LogP contribution in [-0.2, 0) is 0 Å². The lowest BCUT2D eigenvalue weighted by molar-refractivity contribution is 0.0699. The highest BCUT2D eigenvalue weighted by Gasteiger charge is 2.09. The number of nitrogens with zero attached hydrogens (tertiary/aromatic N) is 1. The minimum Gasteiger partial charge on any atom is -0.478 e. The zero-order chi connectivity index (χ0) is 10.8. The monoisotopic (exact) mass is 217 g/mol. The number of fused-ring (bicyclic) bond motifs is 1. The van der Waals surface area contributed by atoms with Crippen LogP contribution in [0.5, 0.6) is 0 Å². The highest BCUT2D eigenvalue weighted by Crippen LogP contribution is 2.18. The van der Waals surface area contributed by atoms with Crippen molar-refractivity contribution in [2.45, 2.75) is 0 Å². The van der Waals surface area contributed by atoms with E-state index >= 15 is 0 Å². The molecule has 0 atom stereocenters. The molecule has 4 nitrogen and oxygen atoms in total. The number of aromatic carboxylic acids is 1. The Morgan fingerprint density at radius 3 is 2.69 bits per heavy atom. The van der Waals surface area contributed by atoms with Gasteiger partial charge in [0.1, 0.15) is 0 Å². The maximum absolute atomic E-state index is 11.0. The molecule has 1 heterocycles. The number of carbonyl (C=O) groups is 1. The highest BCUT2D eigenvalue weighted by molar-refractivity contribution is 6.02. The molecule has 82 valence electrons. The van der Waals surface area contributed by atoms with Crippen molar-refractivity contribution in [3.63, 3.8) is 0 Å². The summed E-state index contributed by atoms with van der Waals surface area (Å²) < 4.78 is 0. The van der Waals surface area contributed by atoms with Crippen LogP contribution in [0.3, 0.4) is 0 Å². The second-order valence-corrected chi connectivity index (χ2v) is 3.12. The van der Waals surface area contributed by atoms with Crippen LogP contribution in [0.15, 0.2) is 36.9 Å². The van der Waals surface area contributed by atoms with Crippen molar-refractivity contribution in [2.24, 2.45) is 0 Å². The van der Waals surface area contributed by atoms with Crippen LogP contribution in [0.1, 0.15) is 16.1 Å². The number of carboxylic acid groups (broad SMARTS) is 1. The van der Waals surface area contributed by atoms with Crippen molar-refractivity contribution in [3.05, 3.63) is 48.2 Å². The van der Waals surface area contributed by atoms with Crippen LogP contribution in [0.25, 0.3) is 17.0 Å². The topological polar surface area (TPSA) is 81.7 Å². The van der Waals surface area contributed by atoms with E-state index in [0.29, 0.717) is 16.6 Å². The zero-order valence-electron chi connectivity index (χ0n) is 8.47. The van der Waals surface area contributed by atoms with E-state index in [-0.39, 0.29) is 11.0 Å². The van der Waals surface area contributed by atoms with Gasteiger partial charge in [-0.05, 0) is 18.2 Å². The van der Waals surface area contributed by atoms with Crippen molar-refractivity contribution in [1.29, 1.82) is 0 Å². The second-order valence-electron chi connectivity index (χ2n) is 3.12. The summed E-state index contributed by atoms with van der Waals surface area (Å²) in [6.07, 6.45) is 1.54. The summed E-state index contributed by atoms with van der Waals surface area (Å²) in [5, 5.41) is 9.69. The van der Waals surface area contributed by atoms with Gasteiger partial charge in [-0.25, -0.2) is 9.78 Å². The molecule has 0 aliphatic rings. The van der Waals surface area contributed by atoms with Crippen molar-refractivity contribution in [3.8, 4) is 0 Å². The van der Waals surface area contributed by atoms with Crippen LogP contribution in [0, 0.1) is 0 Å². The van der Waals surface area contributed by atoms with Crippen LogP contribution >= 0.6 is 0 Å². The molecule has 0 fully saturated rings. The van der Waals surface area contributed by atoms with E-state index in [2.05, 4.69) is 11.6 Å². The molecular weight excluding hydrogens is 206 g/mol. The number of pyridine rings is 1. The molecule has 1 aromatic carbocycles. The first kappa shape index (κ1) is 11.9. The molecule has 1 aromatic heterocycles. The summed E-state index contributed by atoms with van der Waals surface area (Å²) in [5.41, 5.74) is 1.51. The summed E-state index contributed by atoms with van der Waals surface area (Å²) >= 11 is 0. The number of aromatic nitrogens is 1. The van der Waals surface area contributed by atoms with E-state index in [9.17, 15) is 4.79 Å². The summed E-state index contributed by atoms with van der Waals surface area (Å²) in [6, 6.07) is 8.68. The summed E-state index contributed by atoms with van der Waals surface area (Å²) in [6.45, 7) is 3.58. The van der Waals surface area contributed by atoms with Crippen LogP contribution in [-0.4, -0.2) is 21.5 Å². The van der Waals surface area contributed by atoms with Gasteiger partial charge >= 0.3 is 5.97 Å². The predicted molar refractivity (Wildman–Crippen MR) is 62.4 cm³/mol. The molecule has 2 rings (SSSR count). The lowest BCUT2D eigenvalue weighted by Crippen LogP contribution is -1.99. The number of rotatable bonds is 2. The van der Waals surface area contributed by atoms with Crippen molar-refractivity contribution in [2.75, 3.05) is 0 Å². The van der Waals surface area contributed by atoms with Crippen LogP contribution < -0.4 is 0 Å². The largest absolute Gasteiger partial charge is 0.478 e. The Bertz CT molecular complexity index is 549. The van der Waals surface area contributed by atoms with Gasteiger partial charge in [-0.3, -0.25) is 0 Å². The summed E-state index contributed by atoms with van der Waals surface area (Å²) in [5.74, 6) is -0.947. The Morgan fingerprint density at radius 1 is 1.38 bits per heavy atom. The van der Waals surface area contributed by atoms with E-state index in [1.54, 1.807) is 24.3 Å². The molecule has 4 heteroatoms. The average Bonchev–Trinajstić information content (AvgIpc) is 2.27. The van der Waals surface area contributed by atoms with Crippen molar-refractivity contribution in [1.82, 2.24) is 4.98 Å². The number of para-hydroxylation sites is 1.